The summed E-state index contributed by atoms with van der Waals surface area (Å²) in [4.78, 5) is 24.9. The first kappa shape index (κ1) is 17.8. The Kier molecular flexibility index (Phi) is 5.44. The number of nitriles is 1. The molecule has 0 aromatic heterocycles. The fourth-order valence-electron chi connectivity index (χ4n) is 2.96. The van der Waals surface area contributed by atoms with E-state index in [-0.39, 0.29) is 17.6 Å². The maximum Gasteiger partial charge on any atom is 0.261 e. The lowest BCUT2D eigenvalue weighted by Gasteiger charge is -2.13. The van der Waals surface area contributed by atoms with Crippen LogP contribution in [-0.2, 0) is 14.3 Å². The van der Waals surface area contributed by atoms with Gasteiger partial charge in [-0.05, 0) is 38.0 Å². The molecule has 2 aliphatic heterocycles. The molecule has 26 heavy (non-hydrogen) atoms. The van der Waals surface area contributed by atoms with E-state index >= 15 is 0 Å². The number of ether oxygens (including phenoxy) is 1. The van der Waals surface area contributed by atoms with E-state index < -0.39 is 11.8 Å². The van der Waals surface area contributed by atoms with Gasteiger partial charge in [-0.25, -0.2) is 0 Å². The minimum absolute atomic E-state index is 0.0103. The van der Waals surface area contributed by atoms with Crippen LogP contribution < -0.4 is 10.3 Å². The van der Waals surface area contributed by atoms with Gasteiger partial charge in [0.05, 0.1) is 23.4 Å². The minimum atomic E-state index is -0.724. The van der Waals surface area contributed by atoms with Gasteiger partial charge < -0.3 is 10.1 Å². The van der Waals surface area contributed by atoms with E-state index in [1.165, 1.54) is 11.1 Å². The normalized spacial score (nSPS) is 22.9. The van der Waals surface area contributed by atoms with Crippen molar-refractivity contribution < 1.29 is 14.3 Å². The van der Waals surface area contributed by atoms with E-state index in [4.69, 9.17) is 4.74 Å². The molecule has 7 nitrogen and oxygen atoms in total. The Morgan fingerprint density at radius 3 is 2.88 bits per heavy atom. The highest BCUT2D eigenvalue weighted by Crippen LogP contribution is 2.25. The maximum absolute atomic E-state index is 12.7. The number of nitrogens with zero attached hydrogens (tertiary/aromatic N) is 3. The van der Waals surface area contributed by atoms with Crippen LogP contribution >= 0.6 is 0 Å². The van der Waals surface area contributed by atoms with Crippen LogP contribution in [0.1, 0.15) is 19.8 Å². The molecule has 2 atom stereocenters. The van der Waals surface area contributed by atoms with Gasteiger partial charge >= 0.3 is 0 Å². The Morgan fingerprint density at radius 1 is 1.46 bits per heavy atom. The molecular weight excluding hydrogens is 332 g/mol. The third kappa shape index (κ3) is 3.81. The van der Waals surface area contributed by atoms with Crippen molar-refractivity contribution >= 4 is 23.2 Å². The van der Waals surface area contributed by atoms with Crippen LogP contribution in [0.15, 0.2) is 47.1 Å². The molecule has 0 radical (unpaired) electrons. The lowest BCUT2D eigenvalue weighted by Crippen LogP contribution is -2.33. The number of hydrogen-bond donors (Lipinski definition) is 1. The van der Waals surface area contributed by atoms with Crippen molar-refractivity contribution in [1.29, 1.82) is 5.26 Å². The van der Waals surface area contributed by atoms with Crippen LogP contribution in [0.3, 0.4) is 0 Å². The second kappa shape index (κ2) is 7.93. The molecule has 134 valence electrons. The van der Waals surface area contributed by atoms with Gasteiger partial charge in [0.25, 0.3) is 11.8 Å². The van der Waals surface area contributed by atoms with E-state index in [1.807, 2.05) is 24.3 Å². The number of hydrogen-bond acceptors (Lipinski definition) is 5. The zero-order chi connectivity index (χ0) is 18.5. The molecule has 1 aromatic rings. The summed E-state index contributed by atoms with van der Waals surface area (Å²) in [6, 6.07) is 10.9. The third-order valence-electron chi connectivity index (χ3n) is 4.40. The largest absolute Gasteiger partial charge is 0.376 e. The molecule has 2 aliphatic rings. The number of anilines is 1. The first-order valence-corrected chi connectivity index (χ1v) is 8.56. The molecule has 3 rings (SSSR count). The Bertz CT molecular complexity index is 789. The Hall–Kier alpha value is -2.98. The van der Waals surface area contributed by atoms with Gasteiger partial charge in [0.15, 0.2) is 0 Å². The summed E-state index contributed by atoms with van der Waals surface area (Å²) in [6.07, 6.45) is 3.24. The molecule has 7 heteroatoms. The average molecular weight is 352 g/mol. The van der Waals surface area contributed by atoms with Crippen molar-refractivity contribution in [1.82, 2.24) is 5.32 Å². The number of carbonyl (C=O) groups excluding carboxylic acids is 2. The Labute approximate surface area is 151 Å². The molecular formula is C19H20N4O3. The highest BCUT2D eigenvalue weighted by molar-refractivity contribution is 6.17. The zero-order valence-electron chi connectivity index (χ0n) is 14.5. The second-order valence-corrected chi connectivity index (χ2v) is 6.24. The van der Waals surface area contributed by atoms with Crippen LogP contribution in [-0.4, -0.2) is 36.8 Å². The second-order valence-electron chi connectivity index (χ2n) is 6.24. The van der Waals surface area contributed by atoms with Crippen LogP contribution in [0.25, 0.3) is 0 Å². The summed E-state index contributed by atoms with van der Waals surface area (Å²) < 4.78 is 5.45. The van der Waals surface area contributed by atoms with Gasteiger partial charge in [-0.3, -0.25) is 9.59 Å². The summed E-state index contributed by atoms with van der Waals surface area (Å²) in [5, 5.41) is 17.6. The minimum Gasteiger partial charge on any atom is -0.376 e. The summed E-state index contributed by atoms with van der Waals surface area (Å²) in [5.41, 5.74) is 1.10. The molecule has 1 aromatic carbocycles. The van der Waals surface area contributed by atoms with Crippen molar-refractivity contribution in [2.24, 2.45) is 11.0 Å². The number of rotatable bonds is 5. The topological polar surface area (TPSA) is 94.8 Å². The standard InChI is InChI=1S/C19H20N4O3/c1-13-17(19(25)23(22-13)15-6-3-2-4-7-15)10-14(11-20)18(24)21-12-16-8-5-9-26-16/h2-4,6-7,10,16-17H,5,8-9,12H2,1H3,(H,21,24)/b14-10+. The molecule has 0 saturated carbocycles. The van der Waals surface area contributed by atoms with Gasteiger partial charge in [-0.15, -0.1) is 0 Å². The smallest absolute Gasteiger partial charge is 0.261 e. The molecule has 0 bridgehead atoms. The lowest BCUT2D eigenvalue weighted by atomic mass is 10.0. The summed E-state index contributed by atoms with van der Waals surface area (Å²) in [6.45, 7) is 2.77. The van der Waals surface area contributed by atoms with Crippen LogP contribution in [0.4, 0.5) is 5.69 Å². The molecule has 2 unspecified atom stereocenters. The molecule has 2 amide bonds. The summed E-state index contributed by atoms with van der Waals surface area (Å²) in [7, 11) is 0. The Balaban J connectivity index is 1.70. The molecule has 2 heterocycles. The molecule has 1 saturated heterocycles. The van der Waals surface area contributed by atoms with Crippen LogP contribution in [0.5, 0.6) is 0 Å². The molecule has 1 fully saturated rings. The number of amides is 2. The number of para-hydroxylation sites is 1. The van der Waals surface area contributed by atoms with Gasteiger partial charge in [0, 0.05) is 13.2 Å². The van der Waals surface area contributed by atoms with Crippen molar-refractivity contribution in [2.45, 2.75) is 25.9 Å². The maximum atomic E-state index is 12.7. The van der Waals surface area contributed by atoms with Crippen molar-refractivity contribution in [3.63, 3.8) is 0 Å². The highest BCUT2D eigenvalue weighted by Gasteiger charge is 2.34. The first-order valence-electron chi connectivity index (χ1n) is 8.56. The fraction of sp³-hybridized carbons (Fsp3) is 0.368. The van der Waals surface area contributed by atoms with Crippen molar-refractivity contribution in [3.8, 4) is 6.07 Å². The van der Waals surface area contributed by atoms with Gasteiger partial charge in [0.1, 0.15) is 11.6 Å². The van der Waals surface area contributed by atoms with Crippen molar-refractivity contribution in [2.75, 3.05) is 18.2 Å². The molecule has 1 N–H and O–H groups in total. The predicted octanol–water partition coefficient (Wildman–Crippen LogP) is 1.77. The van der Waals surface area contributed by atoms with Gasteiger partial charge in [-0.1, -0.05) is 18.2 Å². The molecule has 0 aliphatic carbocycles. The quantitative estimate of drug-likeness (QED) is 0.645. The van der Waals surface area contributed by atoms with Crippen LogP contribution in [0, 0.1) is 17.2 Å². The predicted molar refractivity (Wildman–Crippen MR) is 96.2 cm³/mol. The van der Waals surface area contributed by atoms with Gasteiger partial charge in [0.2, 0.25) is 0 Å². The zero-order valence-corrected chi connectivity index (χ0v) is 14.5. The summed E-state index contributed by atoms with van der Waals surface area (Å²) in [5.74, 6) is -1.51. The van der Waals surface area contributed by atoms with E-state index in [2.05, 4.69) is 10.4 Å². The van der Waals surface area contributed by atoms with Gasteiger partial charge in [-0.2, -0.15) is 15.4 Å². The number of nitrogens with one attached hydrogen (secondary N) is 1. The van der Waals surface area contributed by atoms with E-state index in [0.717, 1.165) is 12.8 Å². The van der Waals surface area contributed by atoms with E-state index in [1.54, 1.807) is 19.1 Å². The molecule has 0 spiro atoms. The Morgan fingerprint density at radius 2 is 2.23 bits per heavy atom. The fourth-order valence-corrected chi connectivity index (χ4v) is 2.96. The lowest BCUT2D eigenvalue weighted by molar-refractivity contribution is -0.118. The monoisotopic (exact) mass is 352 g/mol. The van der Waals surface area contributed by atoms with Crippen molar-refractivity contribution in [3.05, 3.63) is 42.0 Å². The first-order chi connectivity index (χ1) is 12.6. The highest BCUT2D eigenvalue weighted by atomic mass is 16.5. The summed E-state index contributed by atoms with van der Waals surface area (Å²) >= 11 is 0. The number of hydrazone groups is 1. The SMILES string of the molecule is CC1=NN(c2ccccc2)C(=O)C1/C=C(\C#N)C(=O)NCC1CCCO1. The average Bonchev–Trinajstić information content (AvgIpc) is 3.27. The number of carbonyl (C=O) groups is 2. The third-order valence-corrected chi connectivity index (χ3v) is 4.40. The van der Waals surface area contributed by atoms with E-state index in [9.17, 15) is 14.9 Å². The van der Waals surface area contributed by atoms with E-state index in [0.29, 0.717) is 24.6 Å². The number of benzene rings is 1. The van der Waals surface area contributed by atoms with Crippen LogP contribution in [0.2, 0.25) is 0 Å².